The first kappa shape index (κ1) is 10.1. The summed E-state index contributed by atoms with van der Waals surface area (Å²) in [6.45, 7) is 2.36. The molecule has 72 valence electrons. The van der Waals surface area contributed by atoms with E-state index in [-0.39, 0.29) is 18.4 Å². The molecule has 0 saturated carbocycles. The van der Waals surface area contributed by atoms with Gasteiger partial charge >= 0.3 is 0 Å². The summed E-state index contributed by atoms with van der Waals surface area (Å²) in [6.07, 6.45) is 1.42. The zero-order valence-corrected chi connectivity index (χ0v) is 8.04. The van der Waals surface area contributed by atoms with Crippen molar-refractivity contribution in [3.05, 3.63) is 11.9 Å². The predicted octanol–water partition coefficient (Wildman–Crippen LogP) is -0.104. The van der Waals surface area contributed by atoms with Gasteiger partial charge in [0.25, 0.3) is 5.91 Å². The Morgan fingerprint density at radius 1 is 1.85 bits per heavy atom. The molecule has 0 spiro atoms. The van der Waals surface area contributed by atoms with E-state index in [1.165, 1.54) is 6.20 Å². The number of amides is 1. The average molecular weight is 201 g/mol. The largest absolute Gasteiger partial charge is 0.396 e. The molecule has 0 aromatic carbocycles. The smallest absolute Gasteiger partial charge is 0.272 e. The number of carbonyl (C=O) groups is 1. The molecule has 0 aliphatic rings. The Morgan fingerprint density at radius 2 is 2.62 bits per heavy atom. The van der Waals surface area contributed by atoms with Crippen LogP contribution in [0.1, 0.15) is 17.4 Å². The number of aliphatic hydroxyl groups is 1. The maximum absolute atomic E-state index is 11.2. The number of hydrogen-bond donors (Lipinski definition) is 2. The van der Waals surface area contributed by atoms with Crippen LogP contribution in [0.5, 0.6) is 0 Å². The van der Waals surface area contributed by atoms with Gasteiger partial charge in [0.1, 0.15) is 0 Å². The van der Waals surface area contributed by atoms with Gasteiger partial charge in [-0.2, -0.15) is 8.75 Å². The van der Waals surface area contributed by atoms with E-state index in [0.717, 1.165) is 11.7 Å². The quantitative estimate of drug-likeness (QED) is 0.713. The predicted molar refractivity (Wildman–Crippen MR) is 48.5 cm³/mol. The van der Waals surface area contributed by atoms with Crippen LogP contribution in [0.4, 0.5) is 0 Å². The molecule has 0 bridgehead atoms. The third kappa shape index (κ3) is 3.08. The van der Waals surface area contributed by atoms with Gasteiger partial charge in [0.2, 0.25) is 0 Å². The lowest BCUT2D eigenvalue weighted by molar-refractivity contribution is 0.0938. The van der Waals surface area contributed by atoms with Gasteiger partial charge in [-0.05, 0) is 5.92 Å². The molecule has 1 aromatic heterocycles. The van der Waals surface area contributed by atoms with Crippen LogP contribution in [0.15, 0.2) is 6.20 Å². The van der Waals surface area contributed by atoms with E-state index in [4.69, 9.17) is 5.11 Å². The van der Waals surface area contributed by atoms with Crippen LogP contribution < -0.4 is 5.32 Å². The Hall–Kier alpha value is -1.01. The highest BCUT2D eigenvalue weighted by Crippen LogP contribution is 1.95. The Labute approximate surface area is 80.1 Å². The number of hydrogen-bond acceptors (Lipinski definition) is 5. The summed E-state index contributed by atoms with van der Waals surface area (Å²) in [4.78, 5) is 11.2. The highest BCUT2D eigenvalue weighted by Gasteiger charge is 2.09. The van der Waals surface area contributed by atoms with Crippen molar-refractivity contribution in [3.63, 3.8) is 0 Å². The monoisotopic (exact) mass is 201 g/mol. The van der Waals surface area contributed by atoms with Gasteiger partial charge in [0, 0.05) is 13.2 Å². The van der Waals surface area contributed by atoms with Crippen LogP contribution in [0.25, 0.3) is 0 Å². The summed E-state index contributed by atoms with van der Waals surface area (Å²) in [5.41, 5.74) is 0.329. The molecule has 0 saturated heterocycles. The van der Waals surface area contributed by atoms with Gasteiger partial charge in [-0.3, -0.25) is 4.79 Å². The topological polar surface area (TPSA) is 75.1 Å². The van der Waals surface area contributed by atoms with Crippen molar-refractivity contribution in [3.8, 4) is 0 Å². The minimum atomic E-state index is -0.242. The molecule has 0 aliphatic carbocycles. The maximum atomic E-state index is 11.2. The van der Waals surface area contributed by atoms with Crippen molar-refractivity contribution in [2.75, 3.05) is 13.2 Å². The molecular formula is C7H11N3O2S. The van der Waals surface area contributed by atoms with Crippen molar-refractivity contribution in [1.82, 2.24) is 14.1 Å². The zero-order chi connectivity index (χ0) is 9.68. The lowest BCUT2D eigenvalue weighted by Crippen LogP contribution is -2.29. The summed E-state index contributed by atoms with van der Waals surface area (Å²) in [6, 6.07) is 0. The fourth-order valence-corrected chi connectivity index (χ4v) is 1.10. The van der Waals surface area contributed by atoms with Crippen LogP contribution >= 0.6 is 11.7 Å². The molecule has 2 N–H and O–H groups in total. The van der Waals surface area contributed by atoms with Gasteiger partial charge in [-0.25, -0.2) is 0 Å². The third-order valence-electron chi connectivity index (χ3n) is 1.52. The van der Waals surface area contributed by atoms with E-state index in [9.17, 15) is 4.79 Å². The molecule has 6 heteroatoms. The summed E-state index contributed by atoms with van der Waals surface area (Å²) in [5, 5.41) is 11.3. The fraction of sp³-hybridized carbons (Fsp3) is 0.571. The molecule has 1 rings (SSSR count). The second-order valence-electron chi connectivity index (χ2n) is 2.79. The van der Waals surface area contributed by atoms with E-state index in [0.29, 0.717) is 12.2 Å². The van der Waals surface area contributed by atoms with Gasteiger partial charge in [0.05, 0.1) is 17.9 Å². The van der Waals surface area contributed by atoms with Crippen molar-refractivity contribution >= 4 is 17.6 Å². The minimum Gasteiger partial charge on any atom is -0.396 e. The Balaban J connectivity index is 2.35. The second-order valence-corrected chi connectivity index (χ2v) is 3.35. The molecule has 0 aliphatic heterocycles. The molecule has 5 nitrogen and oxygen atoms in total. The number of nitrogens with zero attached hydrogens (tertiary/aromatic N) is 2. The number of carbonyl (C=O) groups excluding carboxylic acids is 1. The number of aliphatic hydroxyl groups excluding tert-OH is 1. The molecule has 1 atom stereocenters. The number of aromatic nitrogens is 2. The lowest BCUT2D eigenvalue weighted by atomic mass is 10.2. The summed E-state index contributed by atoms with van der Waals surface area (Å²) >= 11 is 0.998. The first-order chi connectivity index (χ1) is 6.24. The number of rotatable bonds is 4. The SMILES string of the molecule is CC(CO)CNC(=O)c1cnsn1. The first-order valence-corrected chi connectivity index (χ1v) is 4.63. The third-order valence-corrected chi connectivity index (χ3v) is 1.99. The van der Waals surface area contributed by atoms with Crippen molar-refractivity contribution in [2.45, 2.75) is 6.92 Å². The van der Waals surface area contributed by atoms with E-state index in [1.54, 1.807) is 0 Å². The first-order valence-electron chi connectivity index (χ1n) is 3.90. The van der Waals surface area contributed by atoms with Crippen LogP contribution in [0, 0.1) is 5.92 Å². The lowest BCUT2D eigenvalue weighted by Gasteiger charge is -2.07. The maximum Gasteiger partial charge on any atom is 0.272 e. The van der Waals surface area contributed by atoms with Gasteiger partial charge < -0.3 is 10.4 Å². The Bertz CT molecular complexity index is 263. The molecule has 0 radical (unpaired) electrons. The van der Waals surface area contributed by atoms with Crippen molar-refractivity contribution in [2.24, 2.45) is 5.92 Å². The van der Waals surface area contributed by atoms with Crippen molar-refractivity contribution < 1.29 is 9.90 Å². The zero-order valence-electron chi connectivity index (χ0n) is 7.23. The normalized spacial score (nSPS) is 12.5. The molecule has 0 fully saturated rings. The molecular weight excluding hydrogens is 190 g/mol. The Kier molecular flexibility index (Phi) is 3.78. The van der Waals surface area contributed by atoms with Crippen molar-refractivity contribution in [1.29, 1.82) is 0 Å². The van der Waals surface area contributed by atoms with Crippen LogP contribution in [0.3, 0.4) is 0 Å². The van der Waals surface area contributed by atoms with Crippen LogP contribution in [-0.2, 0) is 0 Å². The summed E-state index contributed by atoms with van der Waals surface area (Å²) in [7, 11) is 0. The van der Waals surface area contributed by atoms with Crippen LogP contribution in [0.2, 0.25) is 0 Å². The molecule has 1 aromatic rings. The molecule has 1 heterocycles. The summed E-state index contributed by atoms with van der Waals surface area (Å²) in [5.74, 6) is -0.176. The van der Waals surface area contributed by atoms with E-state index >= 15 is 0 Å². The fourth-order valence-electron chi connectivity index (χ4n) is 0.687. The van der Waals surface area contributed by atoms with E-state index < -0.39 is 0 Å². The average Bonchev–Trinajstić information content (AvgIpc) is 2.66. The molecule has 1 unspecified atom stereocenters. The minimum absolute atomic E-state index is 0.0651. The van der Waals surface area contributed by atoms with Gasteiger partial charge in [-0.1, -0.05) is 6.92 Å². The standard InChI is InChI=1S/C7H11N3O2S/c1-5(4-11)2-8-7(12)6-3-9-13-10-6/h3,5,11H,2,4H2,1H3,(H,8,12). The highest BCUT2D eigenvalue weighted by molar-refractivity contribution is 6.99. The van der Waals surface area contributed by atoms with E-state index in [1.807, 2.05) is 6.92 Å². The van der Waals surface area contributed by atoms with Gasteiger partial charge in [0.15, 0.2) is 5.69 Å². The summed E-state index contributed by atoms with van der Waals surface area (Å²) < 4.78 is 7.49. The highest BCUT2D eigenvalue weighted by atomic mass is 32.1. The Morgan fingerprint density at radius 3 is 3.15 bits per heavy atom. The number of nitrogens with one attached hydrogen (secondary N) is 1. The van der Waals surface area contributed by atoms with Gasteiger partial charge in [-0.15, -0.1) is 0 Å². The van der Waals surface area contributed by atoms with E-state index in [2.05, 4.69) is 14.1 Å². The molecule has 13 heavy (non-hydrogen) atoms. The second kappa shape index (κ2) is 4.88. The molecule has 1 amide bonds. The van der Waals surface area contributed by atoms with Crippen LogP contribution in [-0.4, -0.2) is 32.9 Å².